The molecule has 1 atom stereocenters. The zero-order chi connectivity index (χ0) is 13.8. The first-order valence-electron chi connectivity index (χ1n) is 5.17. The van der Waals surface area contributed by atoms with E-state index in [-0.39, 0.29) is 6.54 Å². The normalized spacial score (nSPS) is 14.1. The van der Waals surface area contributed by atoms with Gasteiger partial charge in [-0.05, 0) is 19.2 Å². The van der Waals surface area contributed by atoms with Gasteiger partial charge in [0, 0.05) is 18.5 Å². The fraction of sp³-hybridized carbons (Fsp3) is 0.455. The fourth-order valence-corrected chi connectivity index (χ4v) is 2.05. The highest BCUT2D eigenvalue weighted by Gasteiger charge is 2.22. The molecular weight excluding hydrogens is 262 g/mol. The molecule has 1 unspecified atom stereocenters. The Balaban J connectivity index is 2.69. The lowest BCUT2D eigenvalue weighted by Gasteiger charge is -2.22. The lowest BCUT2D eigenvalue weighted by Crippen LogP contribution is -2.42. The standard InChI is InChI=1S/C11H14F2N2O2S/c1-11(17,6-18-2)5-15-10(16)7-3-4-14-9(13)8(7)12/h3-4,17H,5-6H2,1-2H3,(H,15,16). The van der Waals surface area contributed by atoms with Crippen molar-refractivity contribution in [1.29, 1.82) is 0 Å². The first-order chi connectivity index (χ1) is 8.37. The van der Waals surface area contributed by atoms with Crippen LogP contribution in [0.1, 0.15) is 17.3 Å². The maximum atomic E-state index is 13.3. The number of halogens is 2. The summed E-state index contributed by atoms with van der Waals surface area (Å²) in [5.74, 6) is -2.98. The molecule has 1 aromatic heterocycles. The number of nitrogens with one attached hydrogen (secondary N) is 1. The fourth-order valence-electron chi connectivity index (χ4n) is 1.32. The summed E-state index contributed by atoms with van der Waals surface area (Å²) in [4.78, 5) is 14.7. The van der Waals surface area contributed by atoms with E-state index in [9.17, 15) is 18.7 Å². The van der Waals surface area contributed by atoms with Gasteiger partial charge in [0.2, 0.25) is 5.95 Å². The number of hydrogen-bond acceptors (Lipinski definition) is 4. The van der Waals surface area contributed by atoms with Crippen molar-refractivity contribution in [2.24, 2.45) is 0 Å². The minimum absolute atomic E-state index is 0.0456. The second kappa shape index (κ2) is 6.10. The highest BCUT2D eigenvalue weighted by atomic mass is 32.2. The Kier molecular flexibility index (Phi) is 5.03. The first-order valence-corrected chi connectivity index (χ1v) is 6.56. The molecule has 0 saturated carbocycles. The van der Waals surface area contributed by atoms with Crippen molar-refractivity contribution in [3.05, 3.63) is 29.6 Å². The number of nitrogens with zero attached hydrogens (tertiary/aromatic N) is 1. The van der Waals surface area contributed by atoms with Gasteiger partial charge in [-0.3, -0.25) is 4.79 Å². The molecule has 0 spiro atoms. The minimum Gasteiger partial charge on any atom is -0.387 e. The van der Waals surface area contributed by atoms with Crippen LogP contribution in [0.15, 0.2) is 12.3 Å². The Hall–Kier alpha value is -1.21. The van der Waals surface area contributed by atoms with E-state index in [1.54, 1.807) is 6.92 Å². The Morgan fingerprint density at radius 2 is 2.28 bits per heavy atom. The molecule has 1 amide bonds. The van der Waals surface area contributed by atoms with Crippen LogP contribution >= 0.6 is 11.8 Å². The lowest BCUT2D eigenvalue weighted by molar-refractivity contribution is 0.0722. The van der Waals surface area contributed by atoms with Crippen LogP contribution in [0.25, 0.3) is 0 Å². The molecule has 0 fully saturated rings. The maximum Gasteiger partial charge on any atom is 0.254 e. The maximum absolute atomic E-state index is 13.3. The predicted molar refractivity (Wildman–Crippen MR) is 65.5 cm³/mol. The second-order valence-corrected chi connectivity index (χ2v) is 4.94. The van der Waals surface area contributed by atoms with Crippen molar-refractivity contribution in [2.45, 2.75) is 12.5 Å². The highest BCUT2D eigenvalue weighted by Crippen LogP contribution is 2.11. The van der Waals surface area contributed by atoms with Crippen LogP contribution in [0.2, 0.25) is 0 Å². The molecule has 1 rings (SSSR count). The molecule has 0 aromatic carbocycles. The second-order valence-electron chi connectivity index (χ2n) is 4.08. The third kappa shape index (κ3) is 3.92. The number of carbonyl (C=O) groups excluding carboxylic acids is 1. The Morgan fingerprint density at radius 1 is 1.61 bits per heavy atom. The molecule has 0 aliphatic carbocycles. The molecule has 0 saturated heterocycles. The molecule has 1 aromatic rings. The molecule has 0 radical (unpaired) electrons. The van der Waals surface area contributed by atoms with Crippen molar-refractivity contribution in [1.82, 2.24) is 10.3 Å². The van der Waals surface area contributed by atoms with Crippen LogP contribution in [0.5, 0.6) is 0 Å². The van der Waals surface area contributed by atoms with E-state index in [1.807, 2.05) is 6.26 Å². The molecule has 0 aliphatic rings. The van der Waals surface area contributed by atoms with Crippen LogP contribution in [-0.4, -0.2) is 40.2 Å². The first kappa shape index (κ1) is 14.8. The number of amides is 1. The van der Waals surface area contributed by atoms with Crippen LogP contribution < -0.4 is 5.32 Å². The number of carbonyl (C=O) groups is 1. The molecule has 100 valence electrons. The third-order valence-electron chi connectivity index (χ3n) is 2.18. The van der Waals surface area contributed by atoms with Gasteiger partial charge < -0.3 is 10.4 Å². The Labute approximate surface area is 108 Å². The topological polar surface area (TPSA) is 62.2 Å². The quantitative estimate of drug-likeness (QED) is 0.793. The zero-order valence-electron chi connectivity index (χ0n) is 10.0. The monoisotopic (exact) mass is 276 g/mol. The summed E-state index contributed by atoms with van der Waals surface area (Å²) in [6, 6.07) is 1.08. The van der Waals surface area contributed by atoms with Gasteiger partial charge in [-0.1, -0.05) is 0 Å². The van der Waals surface area contributed by atoms with E-state index in [1.165, 1.54) is 11.8 Å². The van der Waals surface area contributed by atoms with E-state index in [2.05, 4.69) is 10.3 Å². The molecule has 1 heterocycles. The summed E-state index contributed by atoms with van der Waals surface area (Å²) < 4.78 is 26.1. The summed E-state index contributed by atoms with van der Waals surface area (Å²) >= 11 is 1.42. The zero-order valence-corrected chi connectivity index (χ0v) is 10.9. The summed E-state index contributed by atoms with van der Waals surface area (Å²) in [5.41, 5.74) is -1.53. The van der Waals surface area contributed by atoms with Crippen molar-refractivity contribution in [3.8, 4) is 0 Å². The molecule has 2 N–H and O–H groups in total. The van der Waals surface area contributed by atoms with E-state index in [0.29, 0.717) is 5.75 Å². The van der Waals surface area contributed by atoms with Gasteiger partial charge in [-0.2, -0.15) is 16.2 Å². The molecule has 4 nitrogen and oxygen atoms in total. The van der Waals surface area contributed by atoms with Crippen LogP contribution in [0, 0.1) is 11.8 Å². The number of aliphatic hydroxyl groups is 1. The van der Waals surface area contributed by atoms with E-state index in [0.717, 1.165) is 12.3 Å². The van der Waals surface area contributed by atoms with E-state index in [4.69, 9.17) is 0 Å². The van der Waals surface area contributed by atoms with Crippen LogP contribution in [-0.2, 0) is 0 Å². The Bertz CT molecular complexity index is 441. The Morgan fingerprint density at radius 3 is 2.89 bits per heavy atom. The number of pyridine rings is 1. The average Bonchev–Trinajstić information content (AvgIpc) is 2.30. The van der Waals surface area contributed by atoms with Crippen molar-refractivity contribution in [2.75, 3.05) is 18.6 Å². The van der Waals surface area contributed by atoms with Crippen LogP contribution in [0.4, 0.5) is 8.78 Å². The SMILES string of the molecule is CSCC(C)(O)CNC(=O)c1ccnc(F)c1F. The van der Waals surface area contributed by atoms with Gasteiger partial charge >= 0.3 is 0 Å². The van der Waals surface area contributed by atoms with Crippen molar-refractivity contribution < 1.29 is 18.7 Å². The predicted octanol–water partition coefficient (Wildman–Crippen LogP) is 1.20. The number of hydrogen-bond donors (Lipinski definition) is 2. The van der Waals surface area contributed by atoms with Gasteiger partial charge in [0.25, 0.3) is 5.91 Å². The molecular formula is C11H14F2N2O2S. The molecule has 0 aliphatic heterocycles. The number of rotatable bonds is 5. The summed E-state index contributed by atoms with van der Waals surface area (Å²) in [6.45, 7) is 1.50. The van der Waals surface area contributed by atoms with Crippen LogP contribution in [0.3, 0.4) is 0 Å². The van der Waals surface area contributed by atoms with Gasteiger partial charge in [0.1, 0.15) is 0 Å². The van der Waals surface area contributed by atoms with Crippen molar-refractivity contribution in [3.63, 3.8) is 0 Å². The van der Waals surface area contributed by atoms with E-state index >= 15 is 0 Å². The number of aromatic nitrogens is 1. The van der Waals surface area contributed by atoms with Gasteiger partial charge in [-0.15, -0.1) is 0 Å². The van der Waals surface area contributed by atoms with Gasteiger partial charge in [0.05, 0.1) is 11.2 Å². The number of thioether (sulfide) groups is 1. The summed E-state index contributed by atoms with van der Waals surface area (Å²) in [7, 11) is 0. The third-order valence-corrected chi connectivity index (χ3v) is 3.09. The lowest BCUT2D eigenvalue weighted by atomic mass is 10.1. The largest absolute Gasteiger partial charge is 0.387 e. The van der Waals surface area contributed by atoms with Gasteiger partial charge in [0.15, 0.2) is 5.82 Å². The molecule has 18 heavy (non-hydrogen) atoms. The van der Waals surface area contributed by atoms with Gasteiger partial charge in [-0.25, -0.2) is 9.37 Å². The minimum atomic E-state index is -1.32. The summed E-state index contributed by atoms with van der Waals surface area (Å²) in [5, 5.41) is 12.2. The highest BCUT2D eigenvalue weighted by molar-refractivity contribution is 7.98. The average molecular weight is 276 g/mol. The van der Waals surface area contributed by atoms with Crippen molar-refractivity contribution >= 4 is 17.7 Å². The molecule has 7 heteroatoms. The van der Waals surface area contributed by atoms with E-state index < -0.39 is 28.8 Å². The summed E-state index contributed by atoms with van der Waals surface area (Å²) in [6.07, 6.45) is 2.82. The molecule has 0 bridgehead atoms. The smallest absolute Gasteiger partial charge is 0.254 e.